The molecule has 94 valence electrons. The maximum absolute atomic E-state index is 7.62. The van der Waals surface area contributed by atoms with Crippen LogP contribution in [-0.2, 0) is 14.2 Å². The van der Waals surface area contributed by atoms with E-state index < -0.39 is 0 Å². The zero-order valence-corrected chi connectivity index (χ0v) is 9.78. The third kappa shape index (κ3) is 24.8. The molecule has 0 aromatic rings. The Morgan fingerprint density at radius 1 is 0.733 bits per heavy atom. The second-order valence-electron chi connectivity index (χ2n) is 2.75. The largest absolute Gasteiger partial charge is 0.394 e. The fourth-order valence-corrected chi connectivity index (χ4v) is 0.713. The molecule has 0 aliphatic carbocycles. The summed E-state index contributed by atoms with van der Waals surface area (Å²) in [5.41, 5.74) is 0. The highest BCUT2D eigenvalue weighted by atomic mass is 16.5. The lowest BCUT2D eigenvalue weighted by Crippen LogP contribution is -2.02. The molecule has 0 heterocycles. The first-order chi connectivity index (χ1) is 7.33. The molecule has 0 saturated carbocycles. The maximum Gasteiger partial charge on any atom is 0.0662 e. The molecule has 0 spiro atoms. The molecule has 0 atom stereocenters. The Balaban J connectivity index is 0. The quantitative estimate of drug-likeness (QED) is 0.542. The molecule has 0 aliphatic rings. The predicted octanol–water partition coefficient (Wildman–Crippen LogP) is 0.0470. The minimum Gasteiger partial charge on any atom is -0.394 e. The number of hydrogen-bond acceptors (Lipinski definition) is 5. The van der Waals surface area contributed by atoms with E-state index in [1.54, 1.807) is 14.2 Å². The molecular formula is C10H24O5. The molecule has 0 radical (unpaired) electrons. The summed E-state index contributed by atoms with van der Waals surface area (Å²) in [5.74, 6) is 0. The lowest BCUT2D eigenvalue weighted by Gasteiger charge is -2.02. The van der Waals surface area contributed by atoms with Gasteiger partial charge in [0, 0.05) is 40.6 Å². The van der Waals surface area contributed by atoms with E-state index in [1.165, 1.54) is 0 Å². The van der Waals surface area contributed by atoms with Crippen LogP contribution in [0.1, 0.15) is 12.8 Å². The van der Waals surface area contributed by atoms with E-state index in [1.807, 2.05) is 0 Å². The van der Waals surface area contributed by atoms with Gasteiger partial charge in [0.1, 0.15) is 0 Å². The highest BCUT2D eigenvalue weighted by molar-refractivity contribution is 4.35. The van der Waals surface area contributed by atoms with E-state index in [0.29, 0.717) is 0 Å². The number of rotatable bonds is 9. The first-order valence-electron chi connectivity index (χ1n) is 5.10. The second kappa shape index (κ2) is 19.4. The Morgan fingerprint density at radius 3 is 1.40 bits per heavy atom. The Kier molecular flexibility index (Phi) is 22.2. The molecule has 2 N–H and O–H groups in total. The molecule has 0 saturated heterocycles. The summed E-state index contributed by atoms with van der Waals surface area (Å²) in [6.07, 6.45) is 1.95. The summed E-state index contributed by atoms with van der Waals surface area (Å²) in [4.78, 5) is 0. The van der Waals surface area contributed by atoms with Crippen LogP contribution in [0.4, 0.5) is 0 Å². The molecule has 0 amide bonds. The lowest BCUT2D eigenvalue weighted by atomic mass is 10.4. The fraction of sp³-hybridized carbons (Fsp3) is 1.00. The lowest BCUT2D eigenvalue weighted by molar-refractivity contribution is 0.0845. The second-order valence-corrected chi connectivity index (χ2v) is 2.75. The third-order valence-corrected chi connectivity index (χ3v) is 1.37. The van der Waals surface area contributed by atoms with Crippen LogP contribution in [-0.4, -0.2) is 64.1 Å². The van der Waals surface area contributed by atoms with Gasteiger partial charge < -0.3 is 24.4 Å². The molecule has 15 heavy (non-hydrogen) atoms. The van der Waals surface area contributed by atoms with E-state index >= 15 is 0 Å². The maximum atomic E-state index is 7.62. The molecule has 0 aromatic carbocycles. The van der Waals surface area contributed by atoms with Crippen molar-refractivity contribution in [3.05, 3.63) is 0 Å². The summed E-state index contributed by atoms with van der Waals surface area (Å²) in [5, 5.41) is 15.2. The first-order valence-corrected chi connectivity index (χ1v) is 5.10. The van der Waals surface area contributed by atoms with Crippen molar-refractivity contribution in [1.29, 1.82) is 0 Å². The van der Waals surface area contributed by atoms with Crippen LogP contribution in [0.3, 0.4) is 0 Å². The SMILES string of the molecule is COCCCOCCCOC.OCCO. The Bertz CT molecular complexity index is 79.9. The van der Waals surface area contributed by atoms with Gasteiger partial charge in [0.05, 0.1) is 13.2 Å². The van der Waals surface area contributed by atoms with Crippen LogP contribution in [0.5, 0.6) is 0 Å². The fourth-order valence-electron chi connectivity index (χ4n) is 0.713. The van der Waals surface area contributed by atoms with Crippen molar-refractivity contribution in [2.75, 3.05) is 53.9 Å². The van der Waals surface area contributed by atoms with Crippen molar-refractivity contribution in [3.8, 4) is 0 Å². The zero-order valence-electron chi connectivity index (χ0n) is 9.78. The Labute approximate surface area is 92.0 Å². The number of hydrogen-bond donors (Lipinski definition) is 2. The van der Waals surface area contributed by atoms with Crippen LogP contribution in [0.2, 0.25) is 0 Å². The Hall–Kier alpha value is -0.200. The molecule has 5 heteroatoms. The van der Waals surface area contributed by atoms with Crippen LogP contribution < -0.4 is 0 Å². The molecule has 5 nitrogen and oxygen atoms in total. The smallest absolute Gasteiger partial charge is 0.0662 e. The highest BCUT2D eigenvalue weighted by Gasteiger charge is 1.88. The summed E-state index contributed by atoms with van der Waals surface area (Å²) in [6, 6.07) is 0. The Morgan fingerprint density at radius 2 is 1.13 bits per heavy atom. The normalized spacial score (nSPS) is 9.60. The molecule has 0 fully saturated rings. The summed E-state index contributed by atoms with van der Waals surface area (Å²) < 4.78 is 15.0. The number of aliphatic hydroxyl groups is 2. The van der Waals surface area contributed by atoms with Crippen molar-refractivity contribution < 1.29 is 24.4 Å². The van der Waals surface area contributed by atoms with Crippen LogP contribution in [0, 0.1) is 0 Å². The highest BCUT2D eigenvalue weighted by Crippen LogP contribution is 1.86. The van der Waals surface area contributed by atoms with Gasteiger partial charge in [0.15, 0.2) is 0 Å². The monoisotopic (exact) mass is 224 g/mol. The van der Waals surface area contributed by atoms with E-state index in [0.717, 1.165) is 39.3 Å². The van der Waals surface area contributed by atoms with Crippen molar-refractivity contribution >= 4 is 0 Å². The minimum absolute atomic E-state index is 0.125. The first kappa shape index (κ1) is 17.2. The standard InChI is InChI=1S/C8H18O3.C2H6O2/c1-9-5-3-7-11-8-4-6-10-2;3-1-2-4/h3-8H2,1-2H3;3-4H,1-2H2. The zero-order chi connectivity index (χ0) is 11.8. The van der Waals surface area contributed by atoms with Crippen LogP contribution in [0.25, 0.3) is 0 Å². The number of methoxy groups -OCH3 is 2. The van der Waals surface area contributed by atoms with Crippen molar-refractivity contribution in [1.82, 2.24) is 0 Å². The van der Waals surface area contributed by atoms with Crippen LogP contribution in [0.15, 0.2) is 0 Å². The van der Waals surface area contributed by atoms with Gasteiger partial charge in [0.2, 0.25) is 0 Å². The molecular weight excluding hydrogens is 200 g/mol. The summed E-state index contributed by atoms with van der Waals surface area (Å²) >= 11 is 0. The molecule has 0 bridgehead atoms. The van der Waals surface area contributed by atoms with Gasteiger partial charge in [-0.1, -0.05) is 0 Å². The van der Waals surface area contributed by atoms with E-state index in [9.17, 15) is 0 Å². The summed E-state index contributed by atoms with van der Waals surface area (Å²) in [7, 11) is 3.40. The van der Waals surface area contributed by atoms with Gasteiger partial charge in [-0.05, 0) is 12.8 Å². The third-order valence-electron chi connectivity index (χ3n) is 1.37. The number of aliphatic hydroxyl groups excluding tert-OH is 2. The average molecular weight is 224 g/mol. The minimum atomic E-state index is -0.125. The molecule has 0 unspecified atom stereocenters. The van der Waals surface area contributed by atoms with Crippen molar-refractivity contribution in [2.24, 2.45) is 0 Å². The van der Waals surface area contributed by atoms with Crippen molar-refractivity contribution in [2.45, 2.75) is 12.8 Å². The molecule has 0 aromatic heterocycles. The van der Waals surface area contributed by atoms with E-state index in [-0.39, 0.29) is 13.2 Å². The van der Waals surface area contributed by atoms with E-state index in [4.69, 9.17) is 24.4 Å². The molecule has 0 aliphatic heterocycles. The van der Waals surface area contributed by atoms with Gasteiger partial charge in [-0.25, -0.2) is 0 Å². The topological polar surface area (TPSA) is 68.2 Å². The van der Waals surface area contributed by atoms with Crippen LogP contribution >= 0.6 is 0 Å². The molecule has 0 rings (SSSR count). The van der Waals surface area contributed by atoms with Crippen molar-refractivity contribution in [3.63, 3.8) is 0 Å². The van der Waals surface area contributed by atoms with Gasteiger partial charge in [-0.2, -0.15) is 0 Å². The van der Waals surface area contributed by atoms with Gasteiger partial charge in [-0.3, -0.25) is 0 Å². The predicted molar refractivity (Wildman–Crippen MR) is 58.0 cm³/mol. The van der Waals surface area contributed by atoms with Gasteiger partial charge in [-0.15, -0.1) is 0 Å². The van der Waals surface area contributed by atoms with Gasteiger partial charge >= 0.3 is 0 Å². The van der Waals surface area contributed by atoms with Gasteiger partial charge in [0.25, 0.3) is 0 Å². The average Bonchev–Trinajstić information content (AvgIpc) is 2.28. The summed E-state index contributed by atoms with van der Waals surface area (Å²) in [6.45, 7) is 2.89. The van der Waals surface area contributed by atoms with E-state index in [2.05, 4.69) is 0 Å². The number of ether oxygens (including phenoxy) is 3.